The van der Waals surface area contributed by atoms with Crippen molar-refractivity contribution < 1.29 is 42.5 Å². The molecule has 1 aromatic heterocycles. The Balaban J connectivity index is 0.00000196. The van der Waals surface area contributed by atoms with Crippen LogP contribution in [0.1, 0.15) is 12.0 Å². The van der Waals surface area contributed by atoms with Crippen LogP contribution in [0.5, 0.6) is 0 Å². The van der Waals surface area contributed by atoms with Gasteiger partial charge in [-0.05, 0) is 35.4 Å². The van der Waals surface area contributed by atoms with Gasteiger partial charge in [-0.2, -0.15) is 11.3 Å². The molecule has 0 aliphatic carbocycles. The Morgan fingerprint density at radius 2 is 2.20 bits per heavy atom. The van der Waals surface area contributed by atoms with Crippen molar-refractivity contribution in [3.05, 3.63) is 22.4 Å². The first-order chi connectivity index (χ1) is 6.58. The summed E-state index contributed by atoms with van der Waals surface area (Å²) in [6.07, 6.45) is 0.371. The molecular formula is C8H12NNaO3S2. The van der Waals surface area contributed by atoms with E-state index in [4.69, 9.17) is 0 Å². The van der Waals surface area contributed by atoms with Crippen LogP contribution in [0, 0.1) is 0 Å². The second-order valence-corrected chi connectivity index (χ2v) is 5.23. The van der Waals surface area contributed by atoms with Gasteiger partial charge in [0.25, 0.3) is 0 Å². The third-order valence-corrected chi connectivity index (χ3v) is 3.18. The minimum atomic E-state index is -4.05. The molecular weight excluding hydrogens is 245 g/mol. The van der Waals surface area contributed by atoms with Crippen LogP contribution >= 0.6 is 11.3 Å². The summed E-state index contributed by atoms with van der Waals surface area (Å²) in [6.45, 7) is 1.28. The summed E-state index contributed by atoms with van der Waals surface area (Å²) in [5, 5.41) is 7.07. The largest absolute Gasteiger partial charge is 1.00 e. The molecule has 0 saturated heterocycles. The molecule has 1 N–H and O–H groups in total. The van der Waals surface area contributed by atoms with E-state index in [0.717, 1.165) is 6.54 Å². The minimum absolute atomic E-state index is 0. The van der Waals surface area contributed by atoms with Crippen LogP contribution in [-0.4, -0.2) is 25.3 Å². The molecule has 0 aromatic carbocycles. The Labute approximate surface area is 116 Å². The van der Waals surface area contributed by atoms with Gasteiger partial charge in [0.2, 0.25) is 0 Å². The van der Waals surface area contributed by atoms with Crippen LogP contribution in [0.3, 0.4) is 0 Å². The van der Waals surface area contributed by atoms with Crippen LogP contribution in [0.2, 0.25) is 0 Å². The Hall–Kier alpha value is 0.570. The van der Waals surface area contributed by atoms with Gasteiger partial charge < -0.3 is 9.87 Å². The van der Waals surface area contributed by atoms with Crippen molar-refractivity contribution in [2.45, 2.75) is 13.0 Å². The monoisotopic (exact) mass is 257 g/mol. The molecule has 1 heterocycles. The van der Waals surface area contributed by atoms with E-state index in [1.165, 1.54) is 5.56 Å². The molecule has 0 saturated carbocycles. The maximum atomic E-state index is 10.2. The second kappa shape index (κ2) is 7.78. The SMILES string of the molecule is O=S(=O)([O-])CCCNCc1ccsc1.[Na+]. The van der Waals surface area contributed by atoms with Crippen LogP contribution in [0.25, 0.3) is 0 Å². The van der Waals surface area contributed by atoms with Gasteiger partial charge in [-0.1, -0.05) is 0 Å². The van der Waals surface area contributed by atoms with Gasteiger partial charge in [0.05, 0.1) is 10.1 Å². The standard InChI is InChI=1S/C8H13NO3S2.Na/c10-14(11,12)5-1-3-9-6-8-2-4-13-7-8;/h2,4,7,9H,1,3,5-6H2,(H,10,11,12);/q;+1/p-1. The second-order valence-electron chi connectivity index (χ2n) is 2.92. The third-order valence-electron chi connectivity index (χ3n) is 1.66. The maximum Gasteiger partial charge on any atom is 1.00 e. The van der Waals surface area contributed by atoms with E-state index >= 15 is 0 Å². The van der Waals surface area contributed by atoms with Crippen LogP contribution in [-0.2, 0) is 16.7 Å². The summed E-state index contributed by atoms with van der Waals surface area (Å²) in [4.78, 5) is 0. The number of thiophene rings is 1. The molecule has 0 atom stereocenters. The molecule has 7 heteroatoms. The van der Waals surface area contributed by atoms with Gasteiger partial charge >= 0.3 is 29.6 Å². The van der Waals surface area contributed by atoms with Crippen molar-refractivity contribution in [1.82, 2.24) is 5.32 Å². The molecule has 15 heavy (non-hydrogen) atoms. The van der Waals surface area contributed by atoms with Crippen molar-refractivity contribution in [1.29, 1.82) is 0 Å². The van der Waals surface area contributed by atoms with Gasteiger partial charge in [0, 0.05) is 12.3 Å². The molecule has 0 spiro atoms. The van der Waals surface area contributed by atoms with Gasteiger partial charge in [-0.3, -0.25) is 0 Å². The molecule has 0 aliphatic rings. The minimum Gasteiger partial charge on any atom is -0.748 e. The zero-order valence-electron chi connectivity index (χ0n) is 8.60. The number of hydrogen-bond acceptors (Lipinski definition) is 5. The first-order valence-corrected chi connectivity index (χ1v) is 6.75. The van der Waals surface area contributed by atoms with Crippen LogP contribution < -0.4 is 34.9 Å². The molecule has 80 valence electrons. The Bertz CT molecular complexity index is 350. The predicted molar refractivity (Wildman–Crippen MR) is 55.2 cm³/mol. The van der Waals surface area contributed by atoms with E-state index in [0.29, 0.717) is 13.0 Å². The van der Waals surface area contributed by atoms with Crippen molar-refractivity contribution in [3.8, 4) is 0 Å². The van der Waals surface area contributed by atoms with Gasteiger partial charge in [-0.25, -0.2) is 8.42 Å². The normalized spacial score (nSPS) is 11.0. The molecule has 0 amide bonds. The fraction of sp³-hybridized carbons (Fsp3) is 0.500. The molecule has 1 aromatic rings. The fourth-order valence-electron chi connectivity index (χ4n) is 1.000. The Morgan fingerprint density at radius 3 is 2.73 bits per heavy atom. The average molecular weight is 257 g/mol. The quantitative estimate of drug-likeness (QED) is 0.356. The summed E-state index contributed by atoms with van der Waals surface area (Å²) in [7, 11) is -4.05. The first-order valence-electron chi connectivity index (χ1n) is 4.23. The molecule has 1 rings (SSSR count). The topological polar surface area (TPSA) is 69.2 Å². The summed E-state index contributed by atoms with van der Waals surface area (Å²) < 4.78 is 30.7. The molecule has 0 bridgehead atoms. The van der Waals surface area contributed by atoms with E-state index in [1.807, 2.05) is 16.8 Å². The van der Waals surface area contributed by atoms with Gasteiger partial charge in [0.15, 0.2) is 0 Å². The van der Waals surface area contributed by atoms with Crippen molar-refractivity contribution in [3.63, 3.8) is 0 Å². The van der Waals surface area contributed by atoms with Crippen molar-refractivity contribution >= 4 is 21.5 Å². The molecule has 0 aliphatic heterocycles. The van der Waals surface area contributed by atoms with E-state index in [9.17, 15) is 13.0 Å². The van der Waals surface area contributed by atoms with Crippen molar-refractivity contribution in [2.75, 3.05) is 12.3 Å². The number of nitrogens with one attached hydrogen (secondary N) is 1. The molecule has 0 unspecified atom stereocenters. The maximum absolute atomic E-state index is 10.2. The van der Waals surface area contributed by atoms with Crippen LogP contribution in [0.4, 0.5) is 0 Å². The summed E-state index contributed by atoms with van der Waals surface area (Å²) in [5.74, 6) is -0.288. The van der Waals surface area contributed by atoms with Crippen molar-refractivity contribution in [2.24, 2.45) is 0 Å². The predicted octanol–water partition coefficient (Wildman–Crippen LogP) is -2.22. The number of rotatable bonds is 6. The molecule has 0 radical (unpaired) electrons. The van der Waals surface area contributed by atoms with E-state index in [1.54, 1.807) is 11.3 Å². The van der Waals surface area contributed by atoms with Gasteiger partial charge in [-0.15, -0.1) is 0 Å². The van der Waals surface area contributed by atoms with Crippen LogP contribution in [0.15, 0.2) is 16.8 Å². The van der Waals surface area contributed by atoms with E-state index in [2.05, 4.69) is 5.32 Å². The Kier molecular flexibility index (Phi) is 8.08. The van der Waals surface area contributed by atoms with E-state index in [-0.39, 0.29) is 35.3 Å². The Morgan fingerprint density at radius 1 is 1.47 bits per heavy atom. The summed E-state index contributed by atoms with van der Waals surface area (Å²) >= 11 is 1.62. The molecule has 0 fully saturated rings. The smallest absolute Gasteiger partial charge is 0.748 e. The zero-order chi connectivity index (χ0) is 10.4. The van der Waals surface area contributed by atoms with Gasteiger partial charge in [0.1, 0.15) is 0 Å². The van der Waals surface area contributed by atoms with E-state index < -0.39 is 10.1 Å². The number of hydrogen-bond donors (Lipinski definition) is 1. The average Bonchev–Trinajstić information content (AvgIpc) is 2.54. The molecule has 4 nitrogen and oxygen atoms in total. The summed E-state index contributed by atoms with van der Waals surface area (Å²) in [5.41, 5.74) is 1.18. The summed E-state index contributed by atoms with van der Waals surface area (Å²) in [6, 6.07) is 2.00. The first kappa shape index (κ1) is 15.6. The zero-order valence-corrected chi connectivity index (χ0v) is 12.2. The fourth-order valence-corrected chi connectivity index (χ4v) is 2.17. The third kappa shape index (κ3) is 8.38.